The van der Waals surface area contributed by atoms with Crippen molar-refractivity contribution < 1.29 is 13.9 Å². The van der Waals surface area contributed by atoms with Crippen LogP contribution in [0.5, 0.6) is 0 Å². The summed E-state index contributed by atoms with van der Waals surface area (Å²) < 4.78 is 24.3. The molecule has 3 nitrogen and oxygen atoms in total. The summed E-state index contributed by atoms with van der Waals surface area (Å²) in [6, 6.07) is 1.24. The van der Waals surface area contributed by atoms with Crippen LogP contribution in [-0.2, 0) is 6.61 Å². The number of rotatable bonds is 2. The molecular weight excluding hydrogens is 166 g/mol. The SMILES string of the molecule is Nc1cc(CO)c(C(F)F)cn1. The number of hydrogen-bond acceptors (Lipinski definition) is 3. The molecule has 1 aromatic rings. The van der Waals surface area contributed by atoms with Crippen LogP contribution in [0.2, 0.25) is 0 Å². The second kappa shape index (κ2) is 3.44. The normalized spacial score (nSPS) is 10.7. The van der Waals surface area contributed by atoms with Gasteiger partial charge in [-0.05, 0) is 11.6 Å². The molecule has 0 saturated carbocycles. The second-order valence-corrected chi connectivity index (χ2v) is 2.27. The number of nitrogen functional groups attached to an aromatic ring is 1. The van der Waals surface area contributed by atoms with E-state index in [2.05, 4.69) is 4.98 Å². The highest BCUT2D eigenvalue weighted by atomic mass is 19.3. The van der Waals surface area contributed by atoms with E-state index < -0.39 is 13.0 Å². The summed E-state index contributed by atoms with van der Waals surface area (Å²) in [4.78, 5) is 3.50. The number of halogens is 2. The van der Waals surface area contributed by atoms with Gasteiger partial charge in [0.1, 0.15) is 5.82 Å². The Kier molecular flexibility index (Phi) is 2.54. The minimum absolute atomic E-state index is 0.123. The topological polar surface area (TPSA) is 59.1 Å². The minimum atomic E-state index is -2.62. The molecule has 12 heavy (non-hydrogen) atoms. The number of pyridine rings is 1. The van der Waals surface area contributed by atoms with Gasteiger partial charge >= 0.3 is 0 Å². The third-order valence-electron chi connectivity index (χ3n) is 1.45. The average molecular weight is 174 g/mol. The van der Waals surface area contributed by atoms with Crippen LogP contribution in [0.1, 0.15) is 17.6 Å². The number of hydrogen-bond donors (Lipinski definition) is 2. The Morgan fingerprint density at radius 3 is 2.75 bits per heavy atom. The van der Waals surface area contributed by atoms with Crippen molar-refractivity contribution in [2.75, 3.05) is 5.73 Å². The maximum atomic E-state index is 12.2. The van der Waals surface area contributed by atoms with Crippen LogP contribution < -0.4 is 5.73 Å². The summed E-state index contributed by atoms with van der Waals surface area (Å²) in [7, 11) is 0. The van der Waals surface area contributed by atoms with Crippen LogP contribution in [0, 0.1) is 0 Å². The van der Waals surface area contributed by atoms with E-state index in [0.29, 0.717) is 0 Å². The van der Waals surface area contributed by atoms with Crippen molar-refractivity contribution in [3.63, 3.8) is 0 Å². The third-order valence-corrected chi connectivity index (χ3v) is 1.45. The Bertz CT molecular complexity index is 278. The quantitative estimate of drug-likeness (QED) is 0.705. The van der Waals surface area contributed by atoms with Crippen molar-refractivity contribution in [1.29, 1.82) is 0 Å². The standard InChI is InChI=1S/C7H8F2N2O/c8-7(9)5-2-11-6(10)1-4(5)3-12/h1-2,7,12H,3H2,(H2,10,11). The van der Waals surface area contributed by atoms with Gasteiger partial charge in [-0.1, -0.05) is 0 Å². The van der Waals surface area contributed by atoms with Crippen molar-refractivity contribution in [1.82, 2.24) is 4.98 Å². The predicted molar refractivity (Wildman–Crippen MR) is 39.5 cm³/mol. The molecule has 0 amide bonds. The van der Waals surface area contributed by atoms with Crippen LogP contribution in [0.3, 0.4) is 0 Å². The fraction of sp³-hybridized carbons (Fsp3) is 0.286. The van der Waals surface area contributed by atoms with Crippen molar-refractivity contribution in [3.05, 3.63) is 23.4 Å². The summed E-state index contributed by atoms with van der Waals surface area (Å²) in [5, 5.41) is 8.68. The van der Waals surface area contributed by atoms with Crippen LogP contribution in [0.15, 0.2) is 12.3 Å². The third kappa shape index (κ3) is 1.68. The van der Waals surface area contributed by atoms with Gasteiger partial charge in [0, 0.05) is 11.8 Å². The first-order chi connectivity index (χ1) is 5.65. The lowest BCUT2D eigenvalue weighted by Gasteiger charge is -2.05. The van der Waals surface area contributed by atoms with Gasteiger partial charge in [-0.2, -0.15) is 0 Å². The largest absolute Gasteiger partial charge is 0.392 e. The number of anilines is 1. The average Bonchev–Trinajstić information content (AvgIpc) is 2.03. The molecule has 0 aromatic carbocycles. The lowest BCUT2D eigenvalue weighted by molar-refractivity contribution is 0.146. The molecule has 0 radical (unpaired) electrons. The lowest BCUT2D eigenvalue weighted by Crippen LogP contribution is -1.99. The van der Waals surface area contributed by atoms with E-state index >= 15 is 0 Å². The van der Waals surface area contributed by atoms with Crippen molar-refractivity contribution >= 4 is 5.82 Å². The molecule has 3 N–H and O–H groups in total. The monoisotopic (exact) mass is 174 g/mol. The molecule has 0 bridgehead atoms. The first-order valence-electron chi connectivity index (χ1n) is 3.28. The number of aromatic nitrogens is 1. The van der Waals surface area contributed by atoms with Crippen molar-refractivity contribution in [3.8, 4) is 0 Å². The fourth-order valence-corrected chi connectivity index (χ4v) is 0.860. The number of nitrogens with zero attached hydrogens (tertiary/aromatic N) is 1. The zero-order valence-corrected chi connectivity index (χ0v) is 6.17. The zero-order valence-electron chi connectivity index (χ0n) is 6.17. The number of alkyl halides is 2. The van der Waals surface area contributed by atoms with E-state index in [1.54, 1.807) is 0 Å². The summed E-state index contributed by atoms with van der Waals surface area (Å²) >= 11 is 0. The maximum Gasteiger partial charge on any atom is 0.265 e. The molecule has 0 aliphatic carbocycles. The second-order valence-electron chi connectivity index (χ2n) is 2.27. The van der Waals surface area contributed by atoms with E-state index in [0.717, 1.165) is 6.20 Å². The summed E-state index contributed by atoms with van der Waals surface area (Å²) in [6.07, 6.45) is -1.65. The first kappa shape index (κ1) is 8.86. The van der Waals surface area contributed by atoms with Crippen LogP contribution in [-0.4, -0.2) is 10.1 Å². The highest BCUT2D eigenvalue weighted by molar-refractivity contribution is 5.37. The Labute approximate surface area is 67.8 Å². The van der Waals surface area contributed by atoms with E-state index in [9.17, 15) is 8.78 Å². The van der Waals surface area contributed by atoms with Gasteiger partial charge in [-0.15, -0.1) is 0 Å². The van der Waals surface area contributed by atoms with Gasteiger partial charge in [0.25, 0.3) is 6.43 Å². The smallest absolute Gasteiger partial charge is 0.265 e. The van der Waals surface area contributed by atoms with Crippen molar-refractivity contribution in [2.45, 2.75) is 13.0 Å². The highest BCUT2D eigenvalue weighted by Crippen LogP contribution is 2.22. The first-order valence-corrected chi connectivity index (χ1v) is 3.28. The maximum absolute atomic E-state index is 12.2. The van der Waals surface area contributed by atoms with Gasteiger partial charge in [-0.25, -0.2) is 13.8 Å². The number of aliphatic hydroxyl groups is 1. The number of nitrogens with two attached hydrogens (primary N) is 1. The van der Waals surface area contributed by atoms with E-state index in [1.807, 2.05) is 0 Å². The molecule has 0 atom stereocenters. The molecule has 5 heteroatoms. The Morgan fingerprint density at radius 1 is 1.58 bits per heavy atom. The molecule has 0 unspecified atom stereocenters. The number of aliphatic hydroxyl groups excluding tert-OH is 1. The van der Waals surface area contributed by atoms with Crippen LogP contribution in [0.4, 0.5) is 14.6 Å². The van der Waals surface area contributed by atoms with E-state index in [-0.39, 0.29) is 16.9 Å². The molecule has 1 heterocycles. The summed E-state index contributed by atoms with van der Waals surface area (Å²) in [5.74, 6) is 0.128. The molecule has 0 saturated heterocycles. The van der Waals surface area contributed by atoms with Crippen LogP contribution in [0.25, 0.3) is 0 Å². The highest BCUT2D eigenvalue weighted by Gasteiger charge is 2.12. The molecule has 0 aliphatic rings. The Morgan fingerprint density at radius 2 is 2.25 bits per heavy atom. The zero-order chi connectivity index (χ0) is 9.14. The van der Waals surface area contributed by atoms with Crippen LogP contribution >= 0.6 is 0 Å². The molecule has 66 valence electrons. The molecular formula is C7H8F2N2O. The molecule has 0 fully saturated rings. The van der Waals surface area contributed by atoms with Gasteiger partial charge in [0.2, 0.25) is 0 Å². The Balaban J connectivity index is 3.11. The molecule has 0 spiro atoms. The van der Waals surface area contributed by atoms with Crippen molar-refractivity contribution in [2.24, 2.45) is 0 Å². The van der Waals surface area contributed by atoms with Gasteiger partial charge in [0.05, 0.1) is 6.61 Å². The van der Waals surface area contributed by atoms with Gasteiger partial charge in [-0.3, -0.25) is 0 Å². The fourth-order valence-electron chi connectivity index (χ4n) is 0.860. The lowest BCUT2D eigenvalue weighted by atomic mass is 10.1. The Hall–Kier alpha value is -1.23. The van der Waals surface area contributed by atoms with E-state index in [4.69, 9.17) is 10.8 Å². The molecule has 0 aliphatic heterocycles. The molecule has 1 rings (SSSR count). The molecule has 1 aromatic heterocycles. The minimum Gasteiger partial charge on any atom is -0.392 e. The summed E-state index contributed by atoms with van der Waals surface area (Å²) in [6.45, 7) is -0.452. The van der Waals surface area contributed by atoms with Gasteiger partial charge < -0.3 is 10.8 Å². The van der Waals surface area contributed by atoms with E-state index in [1.165, 1.54) is 6.07 Å². The predicted octanol–water partition coefficient (Wildman–Crippen LogP) is 1.09. The van der Waals surface area contributed by atoms with Gasteiger partial charge in [0.15, 0.2) is 0 Å². The summed E-state index contributed by atoms with van der Waals surface area (Å²) in [5.41, 5.74) is 5.09.